The van der Waals surface area contributed by atoms with Gasteiger partial charge < -0.3 is 33.2 Å². The van der Waals surface area contributed by atoms with Crippen molar-refractivity contribution in [2.24, 2.45) is 0 Å². The van der Waals surface area contributed by atoms with Crippen molar-refractivity contribution < 1.29 is 29.6 Å². The third kappa shape index (κ3) is 213. The predicted octanol–water partition coefficient (Wildman–Crippen LogP) is -0.398. The van der Waals surface area contributed by atoms with E-state index in [0.29, 0.717) is 0 Å². The van der Waals surface area contributed by atoms with Gasteiger partial charge in [0.15, 0.2) is 0 Å². The minimum atomic E-state index is 0. The Morgan fingerprint density at radius 2 is 0.500 bits per heavy atom. The van der Waals surface area contributed by atoms with Crippen molar-refractivity contribution in [3.05, 3.63) is 47.9 Å². The molecule has 0 aromatic rings. The minimum absolute atomic E-state index is 0. The zero-order valence-electron chi connectivity index (χ0n) is 5.02. The first-order valence-corrected chi connectivity index (χ1v) is 1.20. The zero-order chi connectivity index (χ0) is 8.12. The van der Waals surface area contributed by atoms with Crippen molar-refractivity contribution >= 4 is 0 Å². The van der Waals surface area contributed by atoms with Crippen LogP contribution < -0.4 is 29.6 Å². The fraction of sp³-hybridized carbons (Fsp3) is 0. The Morgan fingerprint density at radius 1 is 0.500 bits per heavy atom. The second-order valence-corrected chi connectivity index (χ2v) is 0.268. The van der Waals surface area contributed by atoms with Crippen LogP contribution in [-0.4, -0.2) is 0 Å². The Hall–Kier alpha value is -1.07. The van der Waals surface area contributed by atoms with E-state index in [9.17, 15) is 0 Å². The topological polar surface area (TPSA) is 176 Å². The van der Waals surface area contributed by atoms with Crippen LogP contribution in [0.4, 0.5) is 0 Å². The summed E-state index contributed by atoms with van der Waals surface area (Å²) in [5.41, 5.74) is 40.5. The molecule has 48 valence electrons. The SMILES string of the molecule is [N-]=[N+]=[N-].[N-]=[N+]=[N-].[N-]=[N+]=[N-].[Na+]. The van der Waals surface area contributed by atoms with Gasteiger partial charge in [-0.3, -0.25) is 14.7 Å². The summed E-state index contributed by atoms with van der Waals surface area (Å²) in [6, 6.07) is 0. The van der Waals surface area contributed by atoms with E-state index in [1.54, 1.807) is 0 Å². The van der Waals surface area contributed by atoms with Gasteiger partial charge in [0.05, 0.1) is 0 Å². The van der Waals surface area contributed by atoms with Gasteiger partial charge in [0.1, 0.15) is 0 Å². The Kier molecular flexibility index (Phi) is 236. The van der Waals surface area contributed by atoms with Gasteiger partial charge >= 0.3 is 29.6 Å². The number of hydrogen-bond acceptors (Lipinski definition) is 0. The molecule has 0 amide bonds. The van der Waals surface area contributed by atoms with Crippen LogP contribution in [-0.2, 0) is 0 Å². The number of rotatable bonds is 0. The minimum Gasteiger partial charge on any atom is -0.373 e. The molecule has 0 aliphatic heterocycles. The van der Waals surface area contributed by atoms with Crippen LogP contribution in [0.25, 0.3) is 47.9 Å². The van der Waals surface area contributed by atoms with Crippen LogP contribution in [0.15, 0.2) is 0 Å². The summed E-state index contributed by atoms with van der Waals surface area (Å²) in [6.07, 6.45) is 0. The van der Waals surface area contributed by atoms with Gasteiger partial charge in [0, 0.05) is 0 Å². The molecular formula is N9Na-2. The van der Waals surface area contributed by atoms with Crippen LogP contribution in [0.2, 0.25) is 0 Å². The van der Waals surface area contributed by atoms with Crippen LogP contribution in [0.3, 0.4) is 0 Å². The molecule has 10 heavy (non-hydrogen) atoms. The summed E-state index contributed by atoms with van der Waals surface area (Å²) in [5.74, 6) is 0. The van der Waals surface area contributed by atoms with Crippen LogP contribution in [0.1, 0.15) is 0 Å². The molecule has 0 spiro atoms. The summed E-state index contributed by atoms with van der Waals surface area (Å²) < 4.78 is 0. The van der Waals surface area contributed by atoms with Crippen LogP contribution in [0.5, 0.6) is 0 Å². The summed E-state index contributed by atoms with van der Waals surface area (Å²) in [5, 5.41) is 0. The molecule has 0 saturated carbocycles. The molecule has 0 unspecified atom stereocenters. The van der Waals surface area contributed by atoms with E-state index in [4.69, 9.17) is 33.2 Å². The predicted molar refractivity (Wildman–Crippen MR) is 30.2 cm³/mol. The Balaban J connectivity index is -0.0000000257. The van der Waals surface area contributed by atoms with Gasteiger partial charge in [-0.15, -0.1) is 0 Å². The molecule has 0 bridgehead atoms. The van der Waals surface area contributed by atoms with Gasteiger partial charge in [0.2, 0.25) is 0 Å². The van der Waals surface area contributed by atoms with E-state index < -0.39 is 0 Å². The van der Waals surface area contributed by atoms with Gasteiger partial charge in [-0.1, -0.05) is 0 Å². The Labute approximate surface area is 77.6 Å². The molecule has 10 heteroatoms. The van der Waals surface area contributed by atoms with Crippen LogP contribution in [0, 0.1) is 0 Å². The fourth-order valence-electron chi connectivity index (χ4n) is 0. The first kappa shape index (κ1) is 23.1. The summed E-state index contributed by atoms with van der Waals surface area (Å²) >= 11 is 0. The van der Waals surface area contributed by atoms with Crippen molar-refractivity contribution in [1.82, 2.24) is 0 Å². The van der Waals surface area contributed by atoms with Gasteiger partial charge in [-0.2, -0.15) is 0 Å². The van der Waals surface area contributed by atoms with E-state index in [1.165, 1.54) is 14.7 Å². The summed E-state index contributed by atoms with van der Waals surface area (Å²) in [7, 11) is 0. The van der Waals surface area contributed by atoms with E-state index in [0.717, 1.165) is 0 Å². The molecule has 0 aliphatic rings. The maximum atomic E-state index is 6.75. The van der Waals surface area contributed by atoms with E-state index in [2.05, 4.69) is 0 Å². The van der Waals surface area contributed by atoms with Crippen molar-refractivity contribution in [2.45, 2.75) is 0 Å². The molecule has 0 rings (SSSR count). The average Bonchev–Trinajstić information content (AvgIpc) is 1.70. The maximum absolute atomic E-state index is 6.75. The van der Waals surface area contributed by atoms with E-state index >= 15 is 0 Å². The molecule has 9 nitrogen and oxygen atoms in total. The first-order chi connectivity index (χ1) is 4.24. The third-order valence-electron chi connectivity index (χ3n) is 0. The van der Waals surface area contributed by atoms with Gasteiger partial charge in [-0.05, 0) is 0 Å². The molecule has 0 N–H and O–H groups in total. The largest absolute Gasteiger partial charge is 1.00 e. The summed E-state index contributed by atoms with van der Waals surface area (Å²) in [6.45, 7) is 0. The smallest absolute Gasteiger partial charge is 0.373 e. The van der Waals surface area contributed by atoms with E-state index in [-0.39, 0.29) is 29.6 Å². The Morgan fingerprint density at radius 3 is 0.500 bits per heavy atom. The number of hydrogen-bond donors (Lipinski definition) is 0. The molecule has 0 saturated heterocycles. The maximum Gasteiger partial charge on any atom is 1.00 e. The third-order valence-corrected chi connectivity index (χ3v) is 0. The molecule has 0 aromatic carbocycles. The molecule has 0 radical (unpaired) electrons. The van der Waals surface area contributed by atoms with Crippen molar-refractivity contribution in [3.63, 3.8) is 0 Å². The van der Waals surface area contributed by atoms with Crippen molar-refractivity contribution in [1.29, 1.82) is 0 Å². The zero-order valence-corrected chi connectivity index (χ0v) is 7.02. The second kappa shape index (κ2) is 102. The van der Waals surface area contributed by atoms with Crippen LogP contribution >= 0.6 is 0 Å². The van der Waals surface area contributed by atoms with Crippen molar-refractivity contribution in [3.8, 4) is 0 Å². The normalized spacial score (nSPS) is 2.40. The molecule has 0 aliphatic carbocycles. The Bertz CT molecular complexity index is 96.3. The molecule has 0 atom stereocenters. The standard InChI is InChI=1S/3N3.Na/c3*1-3-2;/q3*-1;+1. The first-order valence-electron chi connectivity index (χ1n) is 1.20. The van der Waals surface area contributed by atoms with E-state index in [1.807, 2.05) is 0 Å². The van der Waals surface area contributed by atoms with Gasteiger partial charge in [0.25, 0.3) is 0 Å². The fourth-order valence-corrected chi connectivity index (χ4v) is 0. The molecule has 0 heterocycles. The molecule has 0 fully saturated rings. The molecule has 0 aromatic heterocycles. The second-order valence-electron chi connectivity index (χ2n) is 0.268. The molecular weight excluding hydrogens is 149 g/mol. The number of nitrogens with zero attached hydrogens (tertiary/aromatic N) is 9. The average molecular weight is 149 g/mol. The quantitative estimate of drug-likeness (QED) is 0.188. The van der Waals surface area contributed by atoms with Gasteiger partial charge in [-0.25, -0.2) is 0 Å². The summed E-state index contributed by atoms with van der Waals surface area (Å²) in [4.78, 5) is 4.50. The monoisotopic (exact) mass is 149 g/mol. The van der Waals surface area contributed by atoms with Crippen molar-refractivity contribution in [2.75, 3.05) is 0 Å².